The Morgan fingerprint density at radius 3 is 2.66 bits per heavy atom. The summed E-state index contributed by atoms with van der Waals surface area (Å²) in [5, 5.41) is 2.76. The van der Waals surface area contributed by atoms with Crippen LogP contribution in [0.1, 0.15) is 49.0 Å². The lowest BCUT2D eigenvalue weighted by molar-refractivity contribution is 0.0605. The molecule has 0 aliphatic carbocycles. The average Bonchev–Trinajstić information content (AvgIpc) is 3.33. The molecular weight excluding hydrogens is 425 g/mol. The average molecular weight is 456 g/mol. The van der Waals surface area contributed by atoms with Gasteiger partial charge < -0.3 is 9.64 Å². The number of amides is 1. The first-order valence-corrected chi connectivity index (χ1v) is 11.8. The van der Waals surface area contributed by atoms with Gasteiger partial charge in [0, 0.05) is 42.2 Å². The summed E-state index contributed by atoms with van der Waals surface area (Å²) in [7, 11) is 1.86. The molecule has 0 aliphatic heterocycles. The summed E-state index contributed by atoms with van der Waals surface area (Å²) in [5.74, 6) is 0.0974. The van der Waals surface area contributed by atoms with Gasteiger partial charge in [-0.2, -0.15) is 0 Å². The second-order valence-electron chi connectivity index (χ2n) is 7.95. The number of hydrogen-bond acceptors (Lipinski definition) is 5. The van der Waals surface area contributed by atoms with E-state index in [1.54, 1.807) is 6.20 Å². The highest BCUT2D eigenvalue weighted by atomic mass is 32.1. The largest absolute Gasteiger partial charge is 0.477 e. The molecule has 3 rings (SSSR count). The molecule has 1 amide bonds. The van der Waals surface area contributed by atoms with E-state index < -0.39 is 5.82 Å². The molecule has 0 saturated carbocycles. The normalized spacial score (nSPS) is 12.9. The van der Waals surface area contributed by atoms with Crippen molar-refractivity contribution in [2.24, 2.45) is 5.92 Å². The number of benzene rings is 1. The van der Waals surface area contributed by atoms with Crippen LogP contribution < -0.4 is 4.74 Å². The number of thiazole rings is 1. The van der Waals surface area contributed by atoms with E-state index in [4.69, 9.17) is 4.74 Å². The Morgan fingerprint density at radius 1 is 1.22 bits per heavy atom. The van der Waals surface area contributed by atoms with Gasteiger partial charge in [-0.1, -0.05) is 38.0 Å². The Morgan fingerprint density at radius 2 is 2.03 bits per heavy atom. The van der Waals surface area contributed by atoms with E-state index in [0.29, 0.717) is 18.1 Å². The van der Waals surface area contributed by atoms with E-state index in [-0.39, 0.29) is 17.9 Å². The SMILES string of the molecule is CCCC(COc1ccc(F)cn1)C(CC)N(C)C(=O)c1cc(C)ccc1-c1nccs1. The minimum atomic E-state index is -0.395. The molecule has 7 heteroatoms. The van der Waals surface area contributed by atoms with E-state index in [1.807, 2.05) is 42.5 Å². The zero-order chi connectivity index (χ0) is 23.1. The van der Waals surface area contributed by atoms with E-state index in [0.717, 1.165) is 41.6 Å². The lowest BCUT2D eigenvalue weighted by Gasteiger charge is -2.34. The third kappa shape index (κ3) is 5.71. The number of nitrogens with zero attached hydrogens (tertiary/aromatic N) is 3. The standard InChI is InChI=1S/C25H30FN3O2S/c1-5-7-18(16-31-23-11-9-19(26)15-28-23)22(6-2)29(4)25(30)21-14-17(3)8-10-20(21)24-27-12-13-32-24/h8-15,18,22H,5-7,16H2,1-4H3. The van der Waals surface area contributed by atoms with Crippen LogP contribution in [0.25, 0.3) is 10.6 Å². The van der Waals surface area contributed by atoms with Gasteiger partial charge in [-0.15, -0.1) is 11.3 Å². The molecule has 0 bridgehead atoms. The molecule has 0 aliphatic rings. The predicted octanol–water partition coefficient (Wildman–Crippen LogP) is 6.00. The van der Waals surface area contributed by atoms with Gasteiger partial charge >= 0.3 is 0 Å². The first-order valence-electron chi connectivity index (χ1n) is 11.0. The first kappa shape index (κ1) is 23.9. The van der Waals surface area contributed by atoms with E-state index >= 15 is 0 Å². The zero-order valence-electron chi connectivity index (χ0n) is 19.0. The highest BCUT2D eigenvalue weighted by molar-refractivity contribution is 7.13. The third-order valence-electron chi connectivity index (χ3n) is 5.65. The Bertz CT molecular complexity index is 1010. The third-order valence-corrected chi connectivity index (χ3v) is 6.46. The smallest absolute Gasteiger partial charge is 0.254 e. The number of halogens is 1. The number of rotatable bonds is 10. The fourth-order valence-electron chi connectivity index (χ4n) is 4.04. The van der Waals surface area contributed by atoms with Gasteiger partial charge in [-0.05, 0) is 31.9 Å². The topological polar surface area (TPSA) is 55.3 Å². The number of ether oxygens (including phenoxy) is 1. The van der Waals surface area contributed by atoms with Gasteiger partial charge in [0.15, 0.2) is 0 Å². The summed E-state index contributed by atoms with van der Waals surface area (Å²) >= 11 is 1.52. The van der Waals surface area contributed by atoms with E-state index in [1.165, 1.54) is 23.5 Å². The molecule has 0 fully saturated rings. The molecule has 2 aromatic heterocycles. The summed E-state index contributed by atoms with van der Waals surface area (Å²) in [6, 6.07) is 8.78. The van der Waals surface area contributed by atoms with Crippen molar-refractivity contribution in [1.82, 2.24) is 14.9 Å². The van der Waals surface area contributed by atoms with Crippen LogP contribution in [-0.4, -0.2) is 40.5 Å². The van der Waals surface area contributed by atoms with Gasteiger partial charge in [0.2, 0.25) is 5.88 Å². The lowest BCUT2D eigenvalue weighted by atomic mass is 9.91. The fraction of sp³-hybridized carbons (Fsp3) is 0.400. The minimum Gasteiger partial charge on any atom is -0.477 e. The number of hydrogen-bond donors (Lipinski definition) is 0. The maximum atomic E-state index is 13.6. The van der Waals surface area contributed by atoms with Gasteiger partial charge in [0.25, 0.3) is 5.91 Å². The van der Waals surface area contributed by atoms with Crippen LogP contribution in [0.4, 0.5) is 4.39 Å². The molecular formula is C25H30FN3O2S. The maximum Gasteiger partial charge on any atom is 0.254 e. The number of carbonyl (C=O) groups is 1. The molecule has 2 unspecified atom stereocenters. The summed E-state index contributed by atoms with van der Waals surface area (Å²) in [6.07, 6.45) is 5.58. The lowest BCUT2D eigenvalue weighted by Crippen LogP contribution is -2.43. The van der Waals surface area contributed by atoms with Crippen LogP contribution >= 0.6 is 11.3 Å². The Labute approximate surface area is 193 Å². The Balaban J connectivity index is 1.82. The van der Waals surface area contributed by atoms with Gasteiger partial charge in [0.05, 0.1) is 18.4 Å². The molecule has 0 N–H and O–H groups in total. The highest BCUT2D eigenvalue weighted by Gasteiger charge is 2.29. The van der Waals surface area contributed by atoms with E-state index in [2.05, 4.69) is 23.8 Å². The second-order valence-corrected chi connectivity index (χ2v) is 8.85. The van der Waals surface area contributed by atoms with Crippen LogP contribution in [-0.2, 0) is 0 Å². The number of pyridine rings is 1. The molecule has 1 aromatic carbocycles. The Hall–Kier alpha value is -2.80. The summed E-state index contributed by atoms with van der Waals surface area (Å²) in [4.78, 5) is 23.9. The summed E-state index contributed by atoms with van der Waals surface area (Å²) in [6.45, 7) is 6.61. The van der Waals surface area contributed by atoms with Crippen LogP contribution in [0.2, 0.25) is 0 Å². The summed E-state index contributed by atoms with van der Waals surface area (Å²) < 4.78 is 19.0. The molecule has 0 radical (unpaired) electrons. The van der Waals surface area contributed by atoms with Crippen molar-refractivity contribution in [3.8, 4) is 16.5 Å². The van der Waals surface area contributed by atoms with Gasteiger partial charge in [0.1, 0.15) is 10.8 Å². The van der Waals surface area contributed by atoms with Crippen LogP contribution in [0.5, 0.6) is 5.88 Å². The highest BCUT2D eigenvalue weighted by Crippen LogP contribution is 2.29. The minimum absolute atomic E-state index is 0.00689. The van der Waals surface area contributed by atoms with Crippen LogP contribution in [0.3, 0.4) is 0 Å². The van der Waals surface area contributed by atoms with Crippen molar-refractivity contribution in [3.05, 3.63) is 65.0 Å². The van der Waals surface area contributed by atoms with Crippen LogP contribution in [0.15, 0.2) is 48.1 Å². The predicted molar refractivity (Wildman–Crippen MR) is 127 cm³/mol. The van der Waals surface area contributed by atoms with Crippen molar-refractivity contribution in [2.75, 3.05) is 13.7 Å². The van der Waals surface area contributed by atoms with Gasteiger partial charge in [-0.25, -0.2) is 14.4 Å². The molecule has 5 nitrogen and oxygen atoms in total. The molecule has 0 saturated heterocycles. The Kier molecular flexibility index (Phi) is 8.33. The van der Waals surface area contributed by atoms with Crippen molar-refractivity contribution in [1.29, 1.82) is 0 Å². The monoisotopic (exact) mass is 455 g/mol. The molecule has 3 aromatic rings. The molecule has 2 atom stereocenters. The quantitative estimate of drug-likeness (QED) is 0.376. The van der Waals surface area contributed by atoms with Gasteiger partial charge in [-0.3, -0.25) is 4.79 Å². The van der Waals surface area contributed by atoms with Crippen molar-refractivity contribution in [2.45, 2.75) is 46.1 Å². The van der Waals surface area contributed by atoms with Crippen molar-refractivity contribution in [3.63, 3.8) is 0 Å². The molecule has 32 heavy (non-hydrogen) atoms. The zero-order valence-corrected chi connectivity index (χ0v) is 19.9. The number of carbonyl (C=O) groups excluding carboxylic acids is 1. The molecule has 0 spiro atoms. The molecule has 170 valence electrons. The molecule has 2 heterocycles. The van der Waals surface area contributed by atoms with Crippen molar-refractivity contribution < 1.29 is 13.9 Å². The van der Waals surface area contributed by atoms with Crippen molar-refractivity contribution >= 4 is 17.2 Å². The second kappa shape index (κ2) is 11.2. The maximum absolute atomic E-state index is 13.6. The number of aromatic nitrogens is 2. The van der Waals surface area contributed by atoms with E-state index in [9.17, 15) is 9.18 Å². The first-order chi connectivity index (χ1) is 15.4. The van der Waals surface area contributed by atoms with Crippen LogP contribution in [0, 0.1) is 18.7 Å². The summed E-state index contributed by atoms with van der Waals surface area (Å²) in [5.41, 5.74) is 2.55. The number of aryl methyl sites for hydroxylation is 1. The fourth-order valence-corrected chi connectivity index (χ4v) is 4.72.